The van der Waals surface area contributed by atoms with E-state index >= 15 is 0 Å². The van der Waals surface area contributed by atoms with Gasteiger partial charge in [-0.3, -0.25) is 9.59 Å². The van der Waals surface area contributed by atoms with Crippen molar-refractivity contribution in [3.63, 3.8) is 0 Å². The number of H-pyrrole nitrogens is 1. The summed E-state index contributed by atoms with van der Waals surface area (Å²) >= 11 is 3.43. The Morgan fingerprint density at radius 1 is 1.10 bits per heavy atom. The molecule has 7 nitrogen and oxygen atoms in total. The molecule has 156 valence electrons. The summed E-state index contributed by atoms with van der Waals surface area (Å²) < 4.78 is 2.79. The topological polar surface area (TPSA) is 92.1 Å². The summed E-state index contributed by atoms with van der Waals surface area (Å²) in [5.74, 6) is 0.235. The van der Waals surface area contributed by atoms with Gasteiger partial charge in [-0.25, -0.2) is 10.1 Å². The molecule has 1 aromatic carbocycles. The van der Waals surface area contributed by atoms with Crippen LogP contribution in [0.3, 0.4) is 0 Å². The zero-order valence-corrected chi connectivity index (χ0v) is 18.2. The van der Waals surface area contributed by atoms with Gasteiger partial charge in [0.1, 0.15) is 11.3 Å². The summed E-state index contributed by atoms with van der Waals surface area (Å²) in [5, 5.41) is 11.8. The molecule has 0 saturated heterocycles. The van der Waals surface area contributed by atoms with Crippen molar-refractivity contribution in [2.75, 3.05) is 0 Å². The summed E-state index contributed by atoms with van der Waals surface area (Å²) in [6.07, 6.45) is 7.71. The molecule has 4 aromatic rings. The van der Waals surface area contributed by atoms with E-state index in [4.69, 9.17) is 0 Å². The first-order valence-corrected chi connectivity index (χ1v) is 11.2. The maximum Gasteiger partial charge on any atom is 0.272 e. The first-order chi connectivity index (χ1) is 15.0. The van der Waals surface area contributed by atoms with Gasteiger partial charge in [-0.1, -0.05) is 18.2 Å². The van der Waals surface area contributed by atoms with Gasteiger partial charge in [0.2, 0.25) is 0 Å². The predicted octanol–water partition coefficient (Wildman–Crippen LogP) is 3.79. The number of nitrogens with one attached hydrogen (secondary N) is 2. The van der Waals surface area contributed by atoms with E-state index in [1.807, 2.05) is 47.0 Å². The molecule has 8 heteroatoms. The first kappa shape index (κ1) is 18.7. The Labute approximate surface area is 186 Å². The van der Waals surface area contributed by atoms with Crippen LogP contribution in [0.25, 0.3) is 16.4 Å². The zero-order valence-electron chi connectivity index (χ0n) is 16.6. The second-order valence-corrected chi connectivity index (χ2v) is 9.82. The second-order valence-electron chi connectivity index (χ2n) is 8.91. The number of nitrogens with zero attached hydrogens (tertiary/aromatic N) is 3. The summed E-state index contributed by atoms with van der Waals surface area (Å²) in [5.41, 5.74) is 2.32. The molecule has 2 fully saturated rings. The van der Waals surface area contributed by atoms with Crippen molar-refractivity contribution < 1.29 is 4.79 Å². The minimum atomic E-state index is -0.140. The molecule has 0 aliphatic heterocycles. The largest absolute Gasteiger partial charge is 0.348 e. The van der Waals surface area contributed by atoms with Crippen LogP contribution in [-0.4, -0.2) is 31.5 Å². The monoisotopic (exact) mass is 477 g/mol. The number of hydrogen-bond donors (Lipinski definition) is 2. The van der Waals surface area contributed by atoms with Gasteiger partial charge in [0.15, 0.2) is 0 Å². The molecule has 1 spiro atoms. The van der Waals surface area contributed by atoms with Gasteiger partial charge in [-0.15, -0.1) is 0 Å². The van der Waals surface area contributed by atoms with Crippen molar-refractivity contribution >= 4 is 38.3 Å². The Morgan fingerprint density at radius 3 is 2.68 bits per heavy atom. The highest BCUT2D eigenvalue weighted by Crippen LogP contribution is 2.62. The number of imidazole rings is 1. The van der Waals surface area contributed by atoms with Crippen molar-refractivity contribution in [3.05, 3.63) is 75.0 Å². The quantitative estimate of drug-likeness (QED) is 0.469. The minimum Gasteiger partial charge on any atom is -0.348 e. The highest BCUT2D eigenvalue weighted by atomic mass is 79.9. The van der Waals surface area contributed by atoms with E-state index in [9.17, 15) is 9.59 Å². The SMILES string of the molecule is O=C(NC1CC2(C1)CC(c1n[nH]c(=O)c3ccccc13)C2)c1cn2cc(Br)ccc2n1. The third-order valence-corrected chi connectivity index (χ3v) is 7.28. The van der Waals surface area contributed by atoms with Crippen molar-refractivity contribution in [1.82, 2.24) is 24.9 Å². The number of hydrogen-bond acceptors (Lipinski definition) is 4. The molecular weight excluding hydrogens is 458 g/mol. The number of carbonyl (C=O) groups excluding carboxylic acids is 1. The molecule has 0 bridgehead atoms. The molecule has 2 N–H and O–H groups in total. The highest BCUT2D eigenvalue weighted by molar-refractivity contribution is 9.10. The Hall–Kier alpha value is -3.00. The highest BCUT2D eigenvalue weighted by Gasteiger charge is 2.54. The molecule has 3 aromatic heterocycles. The Kier molecular flexibility index (Phi) is 4.08. The van der Waals surface area contributed by atoms with Crippen LogP contribution < -0.4 is 10.9 Å². The first-order valence-electron chi connectivity index (χ1n) is 10.4. The number of benzene rings is 1. The van der Waals surface area contributed by atoms with E-state index in [-0.39, 0.29) is 22.9 Å². The molecule has 0 atom stereocenters. The minimum absolute atomic E-state index is 0.121. The number of amides is 1. The third kappa shape index (κ3) is 3.08. The molecular formula is C23H20BrN5O2. The molecule has 2 aliphatic rings. The fourth-order valence-electron chi connectivity index (χ4n) is 5.38. The molecule has 0 radical (unpaired) electrons. The van der Waals surface area contributed by atoms with Crippen LogP contribution in [0.2, 0.25) is 0 Å². The maximum absolute atomic E-state index is 12.6. The number of pyridine rings is 1. The number of fused-ring (bicyclic) bond motifs is 2. The van der Waals surface area contributed by atoms with Gasteiger partial charge in [0.25, 0.3) is 11.5 Å². The van der Waals surface area contributed by atoms with Gasteiger partial charge in [-0.05, 0) is 65.2 Å². The zero-order chi connectivity index (χ0) is 21.2. The number of halogens is 1. The van der Waals surface area contributed by atoms with Crippen LogP contribution in [0.4, 0.5) is 0 Å². The van der Waals surface area contributed by atoms with Gasteiger partial charge in [0, 0.05) is 34.2 Å². The van der Waals surface area contributed by atoms with Crippen LogP contribution in [-0.2, 0) is 0 Å². The summed E-state index contributed by atoms with van der Waals surface area (Å²) in [6.45, 7) is 0. The van der Waals surface area contributed by atoms with Gasteiger partial charge in [-0.2, -0.15) is 5.10 Å². The van der Waals surface area contributed by atoms with Gasteiger partial charge < -0.3 is 9.72 Å². The molecule has 3 heterocycles. The number of rotatable bonds is 3. The van der Waals surface area contributed by atoms with Crippen molar-refractivity contribution in [3.8, 4) is 0 Å². The van der Waals surface area contributed by atoms with E-state index in [1.54, 1.807) is 6.20 Å². The van der Waals surface area contributed by atoms with Crippen LogP contribution in [0.5, 0.6) is 0 Å². The molecule has 1 amide bonds. The van der Waals surface area contributed by atoms with Gasteiger partial charge >= 0.3 is 0 Å². The fraction of sp³-hybridized carbons (Fsp3) is 0.304. The Bertz CT molecular complexity index is 1390. The molecule has 2 saturated carbocycles. The summed E-state index contributed by atoms with van der Waals surface area (Å²) in [6, 6.07) is 11.6. The smallest absolute Gasteiger partial charge is 0.272 e. The van der Waals surface area contributed by atoms with Crippen molar-refractivity contribution in [2.45, 2.75) is 37.6 Å². The lowest BCUT2D eigenvalue weighted by Gasteiger charge is -2.57. The van der Waals surface area contributed by atoms with Gasteiger partial charge in [0.05, 0.1) is 11.1 Å². The maximum atomic E-state index is 12.6. The van der Waals surface area contributed by atoms with Crippen LogP contribution in [0.15, 0.2) is 58.1 Å². The predicted molar refractivity (Wildman–Crippen MR) is 120 cm³/mol. The summed E-state index contributed by atoms with van der Waals surface area (Å²) in [7, 11) is 0. The lowest BCUT2D eigenvalue weighted by atomic mass is 9.49. The van der Waals surface area contributed by atoms with Crippen LogP contribution in [0.1, 0.15) is 47.8 Å². The molecule has 6 rings (SSSR count). The second kappa shape index (κ2) is 6.75. The van der Waals surface area contributed by atoms with E-state index < -0.39 is 0 Å². The van der Waals surface area contributed by atoms with Crippen molar-refractivity contribution in [1.29, 1.82) is 0 Å². The van der Waals surface area contributed by atoms with E-state index in [1.165, 1.54) is 0 Å². The molecule has 0 unspecified atom stereocenters. The third-order valence-electron chi connectivity index (χ3n) is 6.81. The fourth-order valence-corrected chi connectivity index (χ4v) is 5.73. The normalized spacial score (nSPS) is 24.8. The Balaban J connectivity index is 1.10. The summed E-state index contributed by atoms with van der Waals surface area (Å²) in [4.78, 5) is 29.1. The lowest BCUT2D eigenvalue weighted by Crippen LogP contribution is -2.55. The van der Waals surface area contributed by atoms with Crippen LogP contribution >= 0.6 is 15.9 Å². The van der Waals surface area contributed by atoms with E-state index in [0.717, 1.165) is 46.9 Å². The Morgan fingerprint density at radius 2 is 1.87 bits per heavy atom. The average molecular weight is 478 g/mol. The molecule has 2 aliphatic carbocycles. The van der Waals surface area contributed by atoms with E-state index in [2.05, 4.69) is 36.4 Å². The number of aromatic amines is 1. The van der Waals surface area contributed by atoms with Crippen LogP contribution in [0, 0.1) is 5.41 Å². The number of carbonyl (C=O) groups is 1. The molecule has 31 heavy (non-hydrogen) atoms. The standard InChI is InChI=1S/C23H20BrN5O2/c24-14-5-6-19-26-18(12-29(19)11-14)22(31)25-15-9-23(10-15)7-13(8-23)20-16-3-1-2-4-17(16)21(30)28-27-20/h1-6,11-13,15H,7-10H2,(H,25,31)(H,28,30). The van der Waals surface area contributed by atoms with E-state index in [0.29, 0.717) is 17.0 Å². The lowest BCUT2D eigenvalue weighted by molar-refractivity contribution is -0.0197. The van der Waals surface area contributed by atoms with Crippen molar-refractivity contribution in [2.24, 2.45) is 5.41 Å². The number of aromatic nitrogens is 4. The average Bonchev–Trinajstić information content (AvgIpc) is 3.13.